The minimum atomic E-state index is -0.232. The van der Waals surface area contributed by atoms with Crippen molar-refractivity contribution in [2.75, 3.05) is 18.6 Å². The normalized spacial score (nSPS) is 11.1. The van der Waals surface area contributed by atoms with Gasteiger partial charge in [0.2, 0.25) is 0 Å². The number of aryl methyl sites for hydroxylation is 1. The minimum Gasteiger partial charge on any atom is -0.495 e. The molecule has 8 heteroatoms. The van der Waals surface area contributed by atoms with Crippen molar-refractivity contribution in [1.82, 2.24) is 9.55 Å². The number of thioether (sulfide) groups is 2. The molecule has 0 saturated carbocycles. The van der Waals surface area contributed by atoms with Crippen LogP contribution in [-0.2, 0) is 0 Å². The number of rotatable bonds is 7. The molecule has 0 unspecified atom stereocenters. The van der Waals surface area contributed by atoms with Crippen molar-refractivity contribution in [3.63, 3.8) is 0 Å². The van der Waals surface area contributed by atoms with E-state index in [0.717, 1.165) is 5.56 Å². The van der Waals surface area contributed by atoms with E-state index < -0.39 is 0 Å². The Kier molecular flexibility index (Phi) is 7.08. The number of methoxy groups -OCH3 is 1. The molecule has 1 aromatic heterocycles. The molecule has 164 valence electrons. The van der Waals surface area contributed by atoms with Crippen molar-refractivity contribution in [3.8, 4) is 11.4 Å². The summed E-state index contributed by atoms with van der Waals surface area (Å²) in [7, 11) is 1.54. The van der Waals surface area contributed by atoms with Gasteiger partial charge in [0.05, 0.1) is 23.7 Å². The minimum absolute atomic E-state index is 0.181. The molecule has 0 fully saturated rings. The molecule has 3 aromatic carbocycles. The summed E-state index contributed by atoms with van der Waals surface area (Å²) in [6.45, 7) is 1.88. The molecule has 32 heavy (non-hydrogen) atoms. The van der Waals surface area contributed by atoms with Crippen molar-refractivity contribution >= 4 is 46.0 Å². The van der Waals surface area contributed by atoms with E-state index >= 15 is 0 Å². The third kappa shape index (κ3) is 4.65. The summed E-state index contributed by atoms with van der Waals surface area (Å²) >= 11 is 9.16. The Balaban J connectivity index is 1.73. The van der Waals surface area contributed by atoms with Crippen molar-refractivity contribution in [2.24, 2.45) is 0 Å². The molecule has 0 atom stereocenters. The van der Waals surface area contributed by atoms with Crippen LogP contribution < -0.4 is 10.3 Å². The summed E-state index contributed by atoms with van der Waals surface area (Å²) in [4.78, 5) is 18.8. The van der Waals surface area contributed by atoms with Crippen molar-refractivity contribution in [1.29, 1.82) is 0 Å². The van der Waals surface area contributed by atoms with Crippen LogP contribution in [0.25, 0.3) is 16.6 Å². The lowest BCUT2D eigenvalue weighted by atomic mass is 10.2. The zero-order valence-corrected chi connectivity index (χ0v) is 19.9. The van der Waals surface area contributed by atoms with Gasteiger partial charge >= 0.3 is 0 Å². The Morgan fingerprint density at radius 2 is 1.78 bits per heavy atom. The fourth-order valence-electron chi connectivity index (χ4n) is 3.25. The highest BCUT2D eigenvalue weighted by molar-refractivity contribution is 8.02. The first-order valence-electron chi connectivity index (χ1n) is 9.86. The van der Waals surface area contributed by atoms with Crippen molar-refractivity contribution < 1.29 is 9.13 Å². The number of hydrogen-bond donors (Lipinski definition) is 0. The molecule has 0 amide bonds. The predicted molar refractivity (Wildman–Crippen MR) is 131 cm³/mol. The van der Waals surface area contributed by atoms with Crippen LogP contribution >= 0.6 is 35.1 Å². The number of halogens is 2. The van der Waals surface area contributed by atoms with Gasteiger partial charge in [-0.05, 0) is 42.8 Å². The fraction of sp³-hybridized carbons (Fsp3) is 0.167. The largest absolute Gasteiger partial charge is 0.495 e. The number of fused-ring (bicyclic) bond motifs is 1. The van der Waals surface area contributed by atoms with Crippen molar-refractivity contribution in [2.45, 2.75) is 17.0 Å². The summed E-state index contributed by atoms with van der Waals surface area (Å²) in [5.74, 6) is 1.55. The van der Waals surface area contributed by atoms with Gasteiger partial charge in [0.1, 0.15) is 11.6 Å². The summed E-state index contributed by atoms with van der Waals surface area (Å²) in [6.07, 6.45) is 0. The number of ether oxygens (including phenoxy) is 1. The Hall–Kier alpha value is -2.48. The smallest absolute Gasteiger partial charge is 0.266 e. The SMILES string of the molecule is COc1cc(Cl)c(C)cc1-n1c(SCCSc2ccccc2F)nc2ccccc2c1=O. The molecule has 4 rings (SSSR count). The van der Waals surface area contributed by atoms with Crippen LogP contribution in [0.2, 0.25) is 5.02 Å². The molecule has 0 aliphatic carbocycles. The third-order valence-corrected chi connectivity index (χ3v) is 7.51. The lowest BCUT2D eigenvalue weighted by molar-refractivity contribution is 0.411. The highest BCUT2D eigenvalue weighted by atomic mass is 35.5. The Morgan fingerprint density at radius 3 is 2.56 bits per heavy atom. The zero-order valence-electron chi connectivity index (χ0n) is 17.5. The molecule has 0 aliphatic rings. The maximum Gasteiger partial charge on any atom is 0.266 e. The third-order valence-electron chi connectivity index (χ3n) is 4.85. The Bertz CT molecular complexity index is 1340. The first-order valence-corrected chi connectivity index (χ1v) is 12.2. The fourth-order valence-corrected chi connectivity index (χ4v) is 5.33. The molecule has 0 spiro atoms. The molecule has 0 saturated heterocycles. The standard InChI is InChI=1S/C24H20ClFN2O2S2/c1-15-13-20(21(30-2)14-17(15)25)28-23(29)16-7-3-5-9-19(16)27-24(28)32-12-11-31-22-10-6-4-8-18(22)26/h3-10,13-14H,11-12H2,1-2H3. The summed E-state index contributed by atoms with van der Waals surface area (Å²) in [5, 5.41) is 1.62. The van der Waals surface area contributed by atoms with Gasteiger partial charge in [0.15, 0.2) is 5.16 Å². The van der Waals surface area contributed by atoms with Crippen LogP contribution in [0.1, 0.15) is 5.56 Å². The lowest BCUT2D eigenvalue weighted by Gasteiger charge is -2.17. The van der Waals surface area contributed by atoms with Crippen molar-refractivity contribution in [3.05, 3.63) is 87.4 Å². The lowest BCUT2D eigenvalue weighted by Crippen LogP contribution is -2.22. The first-order chi connectivity index (χ1) is 15.5. The molecular formula is C24H20ClFN2O2S2. The quantitative estimate of drug-likeness (QED) is 0.172. The maximum atomic E-state index is 13.9. The van der Waals surface area contributed by atoms with Gasteiger partial charge < -0.3 is 4.74 Å². The van der Waals surface area contributed by atoms with Gasteiger partial charge in [-0.1, -0.05) is 47.6 Å². The van der Waals surface area contributed by atoms with Gasteiger partial charge in [0, 0.05) is 27.5 Å². The topological polar surface area (TPSA) is 44.1 Å². The summed E-state index contributed by atoms with van der Waals surface area (Å²) in [6, 6.07) is 17.5. The van der Waals surface area contributed by atoms with E-state index in [1.54, 1.807) is 35.9 Å². The second kappa shape index (κ2) is 9.98. The van der Waals surface area contributed by atoms with Crippen LogP contribution in [0, 0.1) is 12.7 Å². The van der Waals surface area contributed by atoms with Crippen LogP contribution in [-0.4, -0.2) is 28.2 Å². The molecule has 0 radical (unpaired) electrons. The molecular weight excluding hydrogens is 467 g/mol. The van der Waals surface area contributed by atoms with Gasteiger partial charge in [-0.2, -0.15) is 0 Å². The summed E-state index contributed by atoms with van der Waals surface area (Å²) in [5.41, 5.74) is 1.86. The molecule has 1 heterocycles. The highest BCUT2D eigenvalue weighted by Gasteiger charge is 2.18. The molecule has 0 aliphatic heterocycles. The second-order valence-corrected chi connectivity index (χ2v) is 9.56. The average Bonchev–Trinajstić information content (AvgIpc) is 2.80. The predicted octanol–water partition coefficient (Wildman–Crippen LogP) is 6.38. The molecule has 0 bridgehead atoms. The van der Waals surface area contributed by atoms with E-state index in [0.29, 0.717) is 48.9 Å². The van der Waals surface area contributed by atoms with Gasteiger partial charge in [-0.25, -0.2) is 9.37 Å². The highest BCUT2D eigenvalue weighted by Crippen LogP contribution is 2.32. The number of aromatic nitrogens is 2. The van der Waals surface area contributed by atoms with Gasteiger partial charge in [0.25, 0.3) is 5.56 Å². The van der Waals surface area contributed by atoms with Gasteiger partial charge in [-0.15, -0.1) is 11.8 Å². The monoisotopic (exact) mass is 486 g/mol. The first kappa shape index (κ1) is 22.7. The van der Waals surface area contributed by atoms with Crippen LogP contribution in [0.4, 0.5) is 4.39 Å². The zero-order chi connectivity index (χ0) is 22.7. The van der Waals surface area contributed by atoms with Gasteiger partial charge in [-0.3, -0.25) is 9.36 Å². The van der Waals surface area contributed by atoms with E-state index in [1.807, 2.05) is 37.3 Å². The van der Waals surface area contributed by atoms with E-state index in [4.69, 9.17) is 21.3 Å². The number of hydrogen-bond acceptors (Lipinski definition) is 5. The average molecular weight is 487 g/mol. The van der Waals surface area contributed by atoms with Crippen LogP contribution in [0.5, 0.6) is 5.75 Å². The van der Waals surface area contributed by atoms with E-state index in [-0.39, 0.29) is 11.4 Å². The molecule has 0 N–H and O–H groups in total. The number of para-hydroxylation sites is 1. The Morgan fingerprint density at radius 1 is 1.06 bits per heavy atom. The molecule has 4 aromatic rings. The summed E-state index contributed by atoms with van der Waals surface area (Å²) < 4.78 is 21.0. The van der Waals surface area contributed by atoms with E-state index in [2.05, 4.69) is 0 Å². The van der Waals surface area contributed by atoms with Crippen LogP contribution in [0.15, 0.2) is 75.5 Å². The maximum absolute atomic E-state index is 13.9. The number of nitrogens with zero attached hydrogens (tertiary/aromatic N) is 2. The second-order valence-electron chi connectivity index (χ2n) is 6.95. The molecule has 4 nitrogen and oxygen atoms in total. The van der Waals surface area contributed by atoms with E-state index in [9.17, 15) is 9.18 Å². The van der Waals surface area contributed by atoms with Crippen LogP contribution in [0.3, 0.4) is 0 Å². The van der Waals surface area contributed by atoms with E-state index in [1.165, 1.54) is 29.6 Å². The number of benzene rings is 3. The Labute approximate surface area is 198 Å².